The summed E-state index contributed by atoms with van der Waals surface area (Å²) >= 11 is 1.56. The van der Waals surface area contributed by atoms with Crippen molar-refractivity contribution in [1.29, 1.82) is 5.26 Å². The summed E-state index contributed by atoms with van der Waals surface area (Å²) in [5, 5.41) is 10.4. The Morgan fingerprint density at radius 3 is 3.00 bits per heavy atom. The number of hydrogen-bond acceptors (Lipinski definition) is 5. The zero-order chi connectivity index (χ0) is 13.2. The number of sulfone groups is 1. The summed E-state index contributed by atoms with van der Waals surface area (Å²) in [7, 11) is -2.91. The highest BCUT2D eigenvalue weighted by molar-refractivity contribution is 7.92. The van der Waals surface area contributed by atoms with E-state index in [-0.39, 0.29) is 11.0 Å². The first-order valence-corrected chi connectivity index (χ1v) is 8.52. The number of nitriles is 1. The molecule has 1 aromatic rings. The molecule has 2 rings (SSSR count). The Bertz CT molecular complexity index is 557. The lowest BCUT2D eigenvalue weighted by Gasteiger charge is -2.17. The first-order valence-electron chi connectivity index (χ1n) is 5.93. The van der Waals surface area contributed by atoms with E-state index in [1.54, 1.807) is 18.3 Å². The van der Waals surface area contributed by atoms with Crippen LogP contribution in [-0.4, -0.2) is 37.4 Å². The number of rotatable bonds is 2. The van der Waals surface area contributed by atoms with Crippen LogP contribution in [0.4, 0.5) is 0 Å². The highest BCUT2D eigenvalue weighted by Crippen LogP contribution is 2.19. The molecule has 0 N–H and O–H groups in total. The molecule has 1 atom stereocenters. The molecule has 6 heteroatoms. The molecule has 0 radical (unpaired) electrons. The molecule has 0 spiro atoms. The van der Waals surface area contributed by atoms with Gasteiger partial charge in [0.2, 0.25) is 0 Å². The van der Waals surface area contributed by atoms with E-state index >= 15 is 0 Å². The molecule has 1 fully saturated rings. The average Bonchev–Trinajstić information content (AvgIpc) is 2.74. The Balaban J connectivity index is 2.01. The van der Waals surface area contributed by atoms with Crippen molar-refractivity contribution >= 4 is 21.2 Å². The summed E-state index contributed by atoms with van der Waals surface area (Å²) in [4.78, 5) is 3.28. The second-order valence-electron chi connectivity index (χ2n) is 4.66. The maximum atomic E-state index is 11.8. The Morgan fingerprint density at radius 2 is 2.33 bits per heavy atom. The van der Waals surface area contributed by atoms with Gasteiger partial charge in [0.05, 0.1) is 16.6 Å². The van der Waals surface area contributed by atoms with E-state index in [1.807, 2.05) is 11.4 Å². The van der Waals surface area contributed by atoms with Gasteiger partial charge in [-0.05, 0) is 26.0 Å². The van der Waals surface area contributed by atoms with Gasteiger partial charge in [-0.25, -0.2) is 8.42 Å². The van der Waals surface area contributed by atoms with E-state index in [0.717, 1.165) is 18.0 Å². The predicted octanol–water partition coefficient (Wildman–Crippen LogP) is 1.63. The van der Waals surface area contributed by atoms with E-state index in [9.17, 15) is 8.42 Å². The molecule has 1 aromatic heterocycles. The van der Waals surface area contributed by atoms with Crippen LogP contribution in [0.15, 0.2) is 11.4 Å². The molecule has 0 amide bonds. The lowest BCUT2D eigenvalue weighted by molar-refractivity contribution is 0.286. The second kappa shape index (κ2) is 5.39. The van der Waals surface area contributed by atoms with Gasteiger partial charge in [0, 0.05) is 23.3 Å². The maximum Gasteiger partial charge on any atom is 0.154 e. The number of thiophene rings is 1. The van der Waals surface area contributed by atoms with Crippen molar-refractivity contribution < 1.29 is 8.42 Å². The molecular formula is C12H16N2O2S2. The topological polar surface area (TPSA) is 61.2 Å². The normalized spacial score (nSPS) is 24.3. The van der Waals surface area contributed by atoms with Crippen molar-refractivity contribution in [2.75, 3.05) is 18.8 Å². The third-order valence-corrected chi connectivity index (χ3v) is 6.45. The Kier molecular flexibility index (Phi) is 4.05. The molecule has 1 unspecified atom stereocenters. The van der Waals surface area contributed by atoms with Gasteiger partial charge < -0.3 is 0 Å². The summed E-state index contributed by atoms with van der Waals surface area (Å²) < 4.78 is 23.6. The van der Waals surface area contributed by atoms with E-state index < -0.39 is 9.84 Å². The highest BCUT2D eigenvalue weighted by atomic mass is 32.2. The molecule has 1 aliphatic rings. The highest BCUT2D eigenvalue weighted by Gasteiger charge is 2.26. The predicted molar refractivity (Wildman–Crippen MR) is 72.2 cm³/mol. The molecule has 0 saturated carbocycles. The van der Waals surface area contributed by atoms with Crippen LogP contribution in [0.25, 0.3) is 0 Å². The van der Waals surface area contributed by atoms with E-state index in [2.05, 4.69) is 11.0 Å². The minimum absolute atomic E-state index is 0.236. The van der Waals surface area contributed by atoms with Crippen molar-refractivity contribution in [3.8, 4) is 6.07 Å². The summed E-state index contributed by atoms with van der Waals surface area (Å²) in [6, 6.07) is 4.00. The minimum atomic E-state index is -2.91. The van der Waals surface area contributed by atoms with Gasteiger partial charge in [0.15, 0.2) is 9.84 Å². The van der Waals surface area contributed by atoms with Crippen LogP contribution in [0, 0.1) is 11.3 Å². The van der Waals surface area contributed by atoms with Crippen molar-refractivity contribution in [3.05, 3.63) is 21.9 Å². The molecular weight excluding hydrogens is 268 g/mol. The zero-order valence-electron chi connectivity index (χ0n) is 10.3. The molecule has 1 saturated heterocycles. The number of hydrogen-bond donors (Lipinski definition) is 0. The third kappa shape index (κ3) is 3.10. The standard InChI is InChI=1S/C12H16N2O2S2/c1-10-2-3-14(4-5-18(10,15)16)8-12-6-11(7-13)9-17-12/h6,9-10H,2-5,8H2,1H3. The van der Waals surface area contributed by atoms with Crippen LogP contribution in [0.2, 0.25) is 0 Å². The SMILES string of the molecule is CC1CCN(Cc2cc(C#N)cs2)CCS1(=O)=O. The van der Waals surface area contributed by atoms with Gasteiger partial charge in [-0.15, -0.1) is 11.3 Å². The monoisotopic (exact) mass is 284 g/mol. The molecule has 0 bridgehead atoms. The lowest BCUT2D eigenvalue weighted by atomic mass is 10.3. The van der Waals surface area contributed by atoms with Gasteiger partial charge in [-0.3, -0.25) is 4.90 Å². The molecule has 1 aliphatic heterocycles. The van der Waals surface area contributed by atoms with Crippen molar-refractivity contribution in [2.24, 2.45) is 0 Å². The molecule has 18 heavy (non-hydrogen) atoms. The lowest BCUT2D eigenvalue weighted by Crippen LogP contribution is -2.26. The molecule has 0 aliphatic carbocycles. The first-order chi connectivity index (χ1) is 8.51. The van der Waals surface area contributed by atoms with Gasteiger partial charge in [-0.2, -0.15) is 5.26 Å². The summed E-state index contributed by atoms with van der Waals surface area (Å²) in [5.74, 6) is 0.241. The van der Waals surface area contributed by atoms with Crippen LogP contribution in [0.3, 0.4) is 0 Å². The van der Waals surface area contributed by atoms with Crippen LogP contribution < -0.4 is 0 Å². The van der Waals surface area contributed by atoms with Crippen LogP contribution in [-0.2, 0) is 16.4 Å². The third-order valence-electron chi connectivity index (χ3n) is 3.32. The smallest absolute Gasteiger partial charge is 0.154 e. The van der Waals surface area contributed by atoms with Crippen molar-refractivity contribution in [3.63, 3.8) is 0 Å². The van der Waals surface area contributed by atoms with Gasteiger partial charge in [0.1, 0.15) is 6.07 Å². The summed E-state index contributed by atoms with van der Waals surface area (Å²) in [6.07, 6.45) is 0.693. The number of nitrogens with zero attached hydrogens (tertiary/aromatic N) is 2. The Morgan fingerprint density at radius 1 is 1.56 bits per heavy atom. The second-order valence-corrected chi connectivity index (χ2v) is 8.19. The van der Waals surface area contributed by atoms with Crippen LogP contribution in [0.5, 0.6) is 0 Å². The van der Waals surface area contributed by atoms with Crippen molar-refractivity contribution in [2.45, 2.75) is 25.1 Å². The van der Waals surface area contributed by atoms with Crippen LogP contribution in [0.1, 0.15) is 23.8 Å². The van der Waals surface area contributed by atoms with Gasteiger partial charge in [-0.1, -0.05) is 0 Å². The molecule has 0 aromatic carbocycles. The van der Waals surface area contributed by atoms with Gasteiger partial charge >= 0.3 is 0 Å². The fraction of sp³-hybridized carbons (Fsp3) is 0.583. The fourth-order valence-electron chi connectivity index (χ4n) is 2.01. The van der Waals surface area contributed by atoms with Crippen molar-refractivity contribution in [1.82, 2.24) is 4.90 Å². The minimum Gasteiger partial charge on any atom is -0.297 e. The quantitative estimate of drug-likeness (QED) is 0.828. The Labute approximate surface area is 112 Å². The molecule has 98 valence electrons. The summed E-state index contributed by atoms with van der Waals surface area (Å²) in [6.45, 7) is 3.93. The first kappa shape index (κ1) is 13.5. The molecule has 4 nitrogen and oxygen atoms in total. The van der Waals surface area contributed by atoms with E-state index in [1.165, 1.54) is 0 Å². The average molecular weight is 284 g/mol. The van der Waals surface area contributed by atoms with E-state index in [0.29, 0.717) is 18.5 Å². The van der Waals surface area contributed by atoms with E-state index in [4.69, 9.17) is 5.26 Å². The fourth-order valence-corrected chi connectivity index (χ4v) is 4.24. The zero-order valence-corrected chi connectivity index (χ0v) is 11.9. The largest absolute Gasteiger partial charge is 0.297 e. The summed E-state index contributed by atoms with van der Waals surface area (Å²) in [5.41, 5.74) is 0.686. The van der Waals surface area contributed by atoms with Gasteiger partial charge in [0.25, 0.3) is 0 Å². The van der Waals surface area contributed by atoms with Crippen LogP contribution >= 0.6 is 11.3 Å². The Hall–Kier alpha value is -0.900. The maximum absolute atomic E-state index is 11.8. The molecule has 2 heterocycles.